The summed E-state index contributed by atoms with van der Waals surface area (Å²) in [6, 6.07) is 3.52. The molecular formula is C18H30O3. The average molecular weight is 294 g/mol. The third kappa shape index (κ3) is 4.76. The predicted octanol–water partition coefficient (Wildman–Crippen LogP) is 4.94. The van der Waals surface area contributed by atoms with Gasteiger partial charge in [-0.2, -0.15) is 0 Å². The molecule has 0 aliphatic carbocycles. The van der Waals surface area contributed by atoms with E-state index >= 15 is 0 Å². The Labute approximate surface area is 129 Å². The van der Waals surface area contributed by atoms with E-state index in [4.69, 9.17) is 4.74 Å². The Morgan fingerprint density at radius 1 is 1.05 bits per heavy atom. The second-order valence-corrected chi connectivity index (χ2v) is 7.19. The minimum absolute atomic E-state index is 0. The third-order valence-electron chi connectivity index (χ3n) is 3.22. The van der Waals surface area contributed by atoms with Crippen molar-refractivity contribution in [3.63, 3.8) is 0 Å². The van der Waals surface area contributed by atoms with Gasteiger partial charge in [-0.05, 0) is 23.0 Å². The van der Waals surface area contributed by atoms with Crippen LogP contribution in [0.1, 0.15) is 73.4 Å². The highest BCUT2D eigenvalue weighted by Crippen LogP contribution is 2.41. The van der Waals surface area contributed by atoms with E-state index in [0.717, 1.165) is 11.1 Å². The molecule has 3 nitrogen and oxygen atoms in total. The van der Waals surface area contributed by atoms with Gasteiger partial charge in [-0.3, -0.25) is 4.79 Å². The number of benzene rings is 1. The topological polar surface area (TPSA) is 46.5 Å². The number of rotatable bonds is 2. The molecule has 0 atom stereocenters. The first kappa shape index (κ1) is 19.5. The van der Waals surface area contributed by atoms with Crippen LogP contribution in [0.25, 0.3) is 0 Å². The number of carbonyl (C=O) groups is 1. The second-order valence-electron chi connectivity index (χ2n) is 7.19. The number of esters is 1. The quantitative estimate of drug-likeness (QED) is 0.621. The van der Waals surface area contributed by atoms with E-state index in [2.05, 4.69) is 0 Å². The van der Waals surface area contributed by atoms with Gasteiger partial charge >= 0.3 is 5.97 Å². The van der Waals surface area contributed by atoms with Crippen molar-refractivity contribution in [3.8, 4) is 11.5 Å². The lowest BCUT2D eigenvalue weighted by molar-refractivity contribution is -0.134. The number of hydrogen-bond acceptors (Lipinski definition) is 3. The van der Waals surface area contributed by atoms with Crippen molar-refractivity contribution in [1.29, 1.82) is 0 Å². The Hall–Kier alpha value is -1.51. The Bertz CT molecular complexity index is 467. The summed E-state index contributed by atoms with van der Waals surface area (Å²) < 4.78 is 5.34. The fraction of sp³-hybridized carbons (Fsp3) is 0.611. The summed E-state index contributed by atoms with van der Waals surface area (Å²) in [6.07, 6.45) is 0.330. The summed E-state index contributed by atoms with van der Waals surface area (Å²) in [6.45, 7) is 13.9. The highest BCUT2D eigenvalue weighted by atomic mass is 16.5. The monoisotopic (exact) mass is 294 g/mol. The highest BCUT2D eigenvalue weighted by molar-refractivity contribution is 5.72. The maximum Gasteiger partial charge on any atom is 0.310 e. The molecular weight excluding hydrogens is 264 g/mol. The van der Waals surface area contributed by atoms with Crippen LogP contribution in [0.5, 0.6) is 11.5 Å². The Morgan fingerprint density at radius 2 is 1.43 bits per heavy atom. The summed E-state index contributed by atoms with van der Waals surface area (Å²) in [7, 11) is 0. The molecule has 0 amide bonds. The molecule has 0 bridgehead atoms. The first-order valence-corrected chi connectivity index (χ1v) is 7.05. The molecule has 0 saturated heterocycles. The van der Waals surface area contributed by atoms with E-state index in [0.29, 0.717) is 17.9 Å². The summed E-state index contributed by atoms with van der Waals surface area (Å²) in [5.41, 5.74) is 1.14. The van der Waals surface area contributed by atoms with Crippen molar-refractivity contribution >= 4 is 5.97 Å². The first-order chi connectivity index (χ1) is 8.96. The molecule has 120 valence electrons. The molecule has 0 aliphatic rings. The number of ether oxygens (including phenoxy) is 1. The van der Waals surface area contributed by atoms with Crippen LogP contribution < -0.4 is 4.74 Å². The van der Waals surface area contributed by atoms with Crippen molar-refractivity contribution < 1.29 is 14.6 Å². The van der Waals surface area contributed by atoms with Gasteiger partial charge in [0.1, 0.15) is 11.5 Å². The lowest BCUT2D eigenvalue weighted by Gasteiger charge is -2.27. The maximum atomic E-state index is 11.5. The van der Waals surface area contributed by atoms with Crippen LogP contribution in [0, 0.1) is 0 Å². The molecule has 0 aliphatic heterocycles. The molecule has 0 unspecified atom stereocenters. The van der Waals surface area contributed by atoms with E-state index in [9.17, 15) is 9.90 Å². The second kappa shape index (κ2) is 6.50. The fourth-order valence-electron chi connectivity index (χ4n) is 2.01. The minimum Gasteiger partial charge on any atom is -0.507 e. The number of hydrogen-bond donors (Lipinski definition) is 1. The third-order valence-corrected chi connectivity index (χ3v) is 3.22. The summed E-state index contributed by atoms with van der Waals surface area (Å²) in [4.78, 5) is 11.5. The Kier molecular flexibility index (Phi) is 6.04. The standard InChI is InChI=1S/C17H26O3.CH4/c1-8-14(18)20-11-9-12(16(2,3)4)15(19)13(10-11)17(5,6)7;/h9-10,19H,8H2,1-7H3;1H4. The molecule has 0 heterocycles. The first-order valence-electron chi connectivity index (χ1n) is 7.05. The van der Waals surface area contributed by atoms with Crippen LogP contribution >= 0.6 is 0 Å². The van der Waals surface area contributed by atoms with Crippen molar-refractivity contribution in [1.82, 2.24) is 0 Å². The van der Waals surface area contributed by atoms with Gasteiger partial charge in [-0.15, -0.1) is 0 Å². The lowest BCUT2D eigenvalue weighted by atomic mass is 9.79. The predicted molar refractivity (Wildman–Crippen MR) is 88.2 cm³/mol. The summed E-state index contributed by atoms with van der Waals surface area (Å²) in [5.74, 6) is 0.529. The van der Waals surface area contributed by atoms with Gasteiger partial charge in [0, 0.05) is 17.5 Å². The summed E-state index contributed by atoms with van der Waals surface area (Å²) >= 11 is 0. The van der Waals surface area contributed by atoms with Gasteiger partial charge in [0.2, 0.25) is 0 Å². The van der Waals surface area contributed by atoms with E-state index in [1.54, 1.807) is 19.1 Å². The Balaban J connectivity index is 0.00000400. The number of phenolic OH excluding ortho intramolecular Hbond substituents is 1. The molecule has 0 aromatic heterocycles. The van der Waals surface area contributed by atoms with Crippen LogP contribution in [-0.4, -0.2) is 11.1 Å². The van der Waals surface area contributed by atoms with Gasteiger partial charge in [-0.1, -0.05) is 55.9 Å². The number of carbonyl (C=O) groups excluding carboxylic acids is 1. The highest BCUT2D eigenvalue weighted by Gasteiger charge is 2.27. The maximum absolute atomic E-state index is 11.5. The average Bonchev–Trinajstić information content (AvgIpc) is 2.28. The van der Waals surface area contributed by atoms with Crippen molar-refractivity contribution in [2.24, 2.45) is 0 Å². The van der Waals surface area contributed by atoms with Crippen LogP contribution in [0.15, 0.2) is 12.1 Å². The summed E-state index contributed by atoms with van der Waals surface area (Å²) in [5, 5.41) is 10.5. The van der Waals surface area contributed by atoms with Crippen molar-refractivity contribution in [2.45, 2.75) is 73.1 Å². The van der Waals surface area contributed by atoms with Crippen LogP contribution in [0.3, 0.4) is 0 Å². The fourth-order valence-corrected chi connectivity index (χ4v) is 2.01. The molecule has 0 fully saturated rings. The number of phenols is 1. The van der Waals surface area contributed by atoms with E-state index in [-0.39, 0.29) is 24.2 Å². The normalized spacial score (nSPS) is 11.8. The molecule has 1 aromatic rings. The van der Waals surface area contributed by atoms with Gasteiger partial charge in [-0.25, -0.2) is 0 Å². The molecule has 3 heteroatoms. The molecule has 1 N–H and O–H groups in total. The smallest absolute Gasteiger partial charge is 0.310 e. The molecule has 0 spiro atoms. The van der Waals surface area contributed by atoms with Crippen LogP contribution in [0.4, 0.5) is 0 Å². The number of aromatic hydroxyl groups is 1. The zero-order valence-corrected chi connectivity index (χ0v) is 13.6. The largest absolute Gasteiger partial charge is 0.507 e. The van der Waals surface area contributed by atoms with Crippen molar-refractivity contribution in [3.05, 3.63) is 23.3 Å². The SMILES string of the molecule is C.CCC(=O)Oc1cc(C(C)(C)C)c(O)c(C(C)(C)C)c1. The van der Waals surface area contributed by atoms with Crippen LogP contribution in [0.2, 0.25) is 0 Å². The van der Waals surface area contributed by atoms with Gasteiger partial charge in [0.15, 0.2) is 0 Å². The zero-order valence-electron chi connectivity index (χ0n) is 13.6. The lowest BCUT2D eigenvalue weighted by Crippen LogP contribution is -2.18. The van der Waals surface area contributed by atoms with Gasteiger partial charge in [0.05, 0.1) is 0 Å². The molecule has 21 heavy (non-hydrogen) atoms. The molecule has 0 saturated carbocycles. The minimum atomic E-state index is -0.268. The zero-order chi connectivity index (χ0) is 15.7. The van der Waals surface area contributed by atoms with E-state index in [1.807, 2.05) is 41.5 Å². The van der Waals surface area contributed by atoms with Crippen molar-refractivity contribution in [2.75, 3.05) is 0 Å². The van der Waals surface area contributed by atoms with Crippen LogP contribution in [-0.2, 0) is 15.6 Å². The van der Waals surface area contributed by atoms with Gasteiger partial charge in [0.25, 0.3) is 0 Å². The van der Waals surface area contributed by atoms with Gasteiger partial charge < -0.3 is 9.84 Å². The molecule has 1 aromatic carbocycles. The van der Waals surface area contributed by atoms with E-state index < -0.39 is 0 Å². The molecule has 1 rings (SSSR count). The Morgan fingerprint density at radius 3 is 1.71 bits per heavy atom. The molecule has 0 radical (unpaired) electrons. The van der Waals surface area contributed by atoms with E-state index in [1.165, 1.54) is 0 Å².